The van der Waals surface area contributed by atoms with E-state index in [-0.39, 0.29) is 29.5 Å². The second-order valence-electron chi connectivity index (χ2n) is 7.65. The van der Waals surface area contributed by atoms with E-state index in [4.69, 9.17) is 5.14 Å². The highest BCUT2D eigenvalue weighted by Gasteiger charge is 2.43. The molecule has 1 unspecified atom stereocenters. The lowest BCUT2D eigenvalue weighted by Crippen LogP contribution is -2.45. The van der Waals surface area contributed by atoms with Crippen molar-refractivity contribution in [3.8, 4) is 0 Å². The standard InChI is InChI=1S/C22H22N4O5S/c1-14(27)25(11-10-15-13-24-19-5-3-2-4-18(15)19)20-12-21(28)26(22(20)29)16-6-8-17(9-7-16)32(23,30)31/h2-9,13,20,24H,10-12H2,1H3,(H2,23,30,31). The molecule has 3 N–H and O–H groups in total. The van der Waals surface area contributed by atoms with Gasteiger partial charge in [-0.05, 0) is 42.3 Å². The third kappa shape index (κ3) is 4.02. The molecule has 0 saturated carbocycles. The highest BCUT2D eigenvalue weighted by Crippen LogP contribution is 2.27. The molecule has 9 nitrogen and oxygen atoms in total. The minimum atomic E-state index is -3.89. The summed E-state index contributed by atoms with van der Waals surface area (Å²) in [5.41, 5.74) is 2.23. The molecule has 3 amide bonds. The van der Waals surface area contributed by atoms with Gasteiger partial charge in [-0.3, -0.25) is 14.4 Å². The highest BCUT2D eigenvalue weighted by atomic mass is 32.2. The SMILES string of the molecule is CC(=O)N(CCc1c[nH]c2ccccc12)C1CC(=O)N(c2ccc(S(N)(=O)=O)cc2)C1=O. The van der Waals surface area contributed by atoms with E-state index in [2.05, 4.69) is 4.98 Å². The summed E-state index contributed by atoms with van der Waals surface area (Å²) in [5.74, 6) is -1.28. The fraction of sp³-hybridized carbons (Fsp3) is 0.227. The molecule has 1 aliphatic heterocycles. The van der Waals surface area contributed by atoms with Crippen molar-refractivity contribution in [2.45, 2.75) is 30.7 Å². The van der Waals surface area contributed by atoms with Gasteiger partial charge in [-0.15, -0.1) is 0 Å². The van der Waals surface area contributed by atoms with Crippen LogP contribution in [0.15, 0.2) is 59.6 Å². The molecule has 10 heteroatoms. The van der Waals surface area contributed by atoms with E-state index in [1.54, 1.807) is 0 Å². The number of nitrogens with two attached hydrogens (primary N) is 1. The number of fused-ring (bicyclic) bond motifs is 1. The number of para-hydroxylation sites is 1. The number of carbonyl (C=O) groups is 3. The molecule has 32 heavy (non-hydrogen) atoms. The van der Waals surface area contributed by atoms with Crippen LogP contribution in [0.3, 0.4) is 0 Å². The summed E-state index contributed by atoms with van der Waals surface area (Å²) < 4.78 is 22.9. The number of rotatable bonds is 6. The number of H-pyrrole nitrogens is 1. The fourth-order valence-corrected chi connectivity index (χ4v) is 4.54. The number of sulfonamides is 1. The van der Waals surface area contributed by atoms with Crippen molar-refractivity contribution in [1.29, 1.82) is 0 Å². The molecule has 2 aromatic carbocycles. The Labute approximate surface area is 184 Å². The van der Waals surface area contributed by atoms with Crippen molar-refractivity contribution in [3.63, 3.8) is 0 Å². The summed E-state index contributed by atoms with van der Waals surface area (Å²) >= 11 is 0. The Morgan fingerprint density at radius 3 is 2.50 bits per heavy atom. The quantitative estimate of drug-likeness (QED) is 0.545. The Morgan fingerprint density at radius 2 is 1.84 bits per heavy atom. The van der Waals surface area contributed by atoms with E-state index in [0.717, 1.165) is 21.4 Å². The van der Waals surface area contributed by atoms with Crippen molar-refractivity contribution < 1.29 is 22.8 Å². The summed E-state index contributed by atoms with van der Waals surface area (Å²) in [4.78, 5) is 43.5. The molecule has 1 atom stereocenters. The van der Waals surface area contributed by atoms with Gasteiger partial charge in [0.2, 0.25) is 21.8 Å². The number of aromatic amines is 1. The molecule has 1 saturated heterocycles. The first-order chi connectivity index (χ1) is 15.2. The van der Waals surface area contributed by atoms with Crippen LogP contribution < -0.4 is 10.0 Å². The molecule has 0 radical (unpaired) electrons. The lowest BCUT2D eigenvalue weighted by Gasteiger charge is -2.26. The average molecular weight is 455 g/mol. The van der Waals surface area contributed by atoms with Crippen LogP contribution in [-0.2, 0) is 30.8 Å². The van der Waals surface area contributed by atoms with Gasteiger partial charge >= 0.3 is 0 Å². The maximum Gasteiger partial charge on any atom is 0.257 e. The first-order valence-corrected chi connectivity index (χ1v) is 11.5. The van der Waals surface area contributed by atoms with Crippen LogP contribution in [0.4, 0.5) is 5.69 Å². The van der Waals surface area contributed by atoms with Crippen molar-refractivity contribution in [2.24, 2.45) is 5.14 Å². The Balaban J connectivity index is 1.54. The lowest BCUT2D eigenvalue weighted by atomic mass is 10.1. The van der Waals surface area contributed by atoms with Crippen molar-refractivity contribution in [2.75, 3.05) is 11.4 Å². The van der Waals surface area contributed by atoms with Gasteiger partial charge in [0, 0.05) is 30.6 Å². The number of primary sulfonamides is 1. The Bertz CT molecular complexity index is 1310. The van der Waals surface area contributed by atoms with Crippen LogP contribution in [0, 0.1) is 0 Å². The third-order valence-electron chi connectivity index (χ3n) is 5.62. The zero-order valence-electron chi connectivity index (χ0n) is 17.3. The predicted octanol–water partition coefficient (Wildman–Crippen LogP) is 1.54. The molecule has 1 fully saturated rings. The molecular formula is C22H22N4O5S. The maximum absolute atomic E-state index is 13.1. The summed E-state index contributed by atoms with van der Waals surface area (Å²) in [5, 5.41) is 6.14. The van der Waals surface area contributed by atoms with Gasteiger partial charge in [-0.1, -0.05) is 18.2 Å². The topological polar surface area (TPSA) is 134 Å². The van der Waals surface area contributed by atoms with Gasteiger partial charge < -0.3 is 9.88 Å². The fourth-order valence-electron chi connectivity index (χ4n) is 4.03. The van der Waals surface area contributed by atoms with Gasteiger partial charge in [0.15, 0.2) is 0 Å². The number of carbonyl (C=O) groups excluding carboxylic acids is 3. The predicted molar refractivity (Wildman–Crippen MR) is 118 cm³/mol. The monoisotopic (exact) mass is 454 g/mol. The van der Waals surface area contributed by atoms with Crippen molar-refractivity contribution in [3.05, 3.63) is 60.3 Å². The maximum atomic E-state index is 13.1. The number of aromatic nitrogens is 1. The Hall–Kier alpha value is -3.50. The van der Waals surface area contributed by atoms with Gasteiger partial charge in [-0.25, -0.2) is 18.5 Å². The summed E-state index contributed by atoms with van der Waals surface area (Å²) in [6.07, 6.45) is 2.26. The molecule has 0 bridgehead atoms. The zero-order chi connectivity index (χ0) is 23.0. The second-order valence-corrected chi connectivity index (χ2v) is 9.21. The van der Waals surface area contributed by atoms with E-state index in [1.165, 1.54) is 36.1 Å². The van der Waals surface area contributed by atoms with E-state index >= 15 is 0 Å². The molecule has 4 rings (SSSR count). The normalized spacial score (nSPS) is 16.7. The molecule has 1 aliphatic rings. The molecule has 3 aromatic rings. The minimum Gasteiger partial charge on any atom is -0.361 e. The molecule has 1 aromatic heterocycles. The Kier molecular flexibility index (Phi) is 5.57. The van der Waals surface area contributed by atoms with Gasteiger partial charge in [0.25, 0.3) is 5.91 Å². The van der Waals surface area contributed by atoms with E-state index in [1.807, 2.05) is 30.5 Å². The number of anilines is 1. The number of amides is 3. The zero-order valence-corrected chi connectivity index (χ0v) is 18.1. The number of imide groups is 1. The third-order valence-corrected chi connectivity index (χ3v) is 6.55. The first-order valence-electron chi connectivity index (χ1n) is 9.98. The molecule has 0 spiro atoms. The summed E-state index contributed by atoms with van der Waals surface area (Å²) in [7, 11) is -3.89. The lowest BCUT2D eigenvalue weighted by molar-refractivity contribution is -0.136. The number of hydrogen-bond acceptors (Lipinski definition) is 5. The molecular weight excluding hydrogens is 432 g/mol. The minimum absolute atomic E-state index is 0.124. The number of nitrogens with one attached hydrogen (secondary N) is 1. The van der Waals surface area contributed by atoms with Crippen LogP contribution >= 0.6 is 0 Å². The Morgan fingerprint density at radius 1 is 1.16 bits per heavy atom. The number of benzene rings is 2. The summed E-state index contributed by atoms with van der Waals surface area (Å²) in [6.45, 7) is 1.65. The molecule has 2 heterocycles. The van der Waals surface area contributed by atoms with Crippen molar-refractivity contribution in [1.82, 2.24) is 9.88 Å². The van der Waals surface area contributed by atoms with Crippen LogP contribution in [-0.4, -0.2) is 48.6 Å². The van der Waals surface area contributed by atoms with E-state index in [9.17, 15) is 22.8 Å². The number of hydrogen-bond donors (Lipinski definition) is 2. The number of nitrogens with zero attached hydrogens (tertiary/aromatic N) is 2. The van der Waals surface area contributed by atoms with E-state index in [0.29, 0.717) is 6.42 Å². The summed E-state index contributed by atoms with van der Waals surface area (Å²) in [6, 6.07) is 12.1. The van der Waals surface area contributed by atoms with Crippen molar-refractivity contribution >= 4 is 44.3 Å². The van der Waals surface area contributed by atoms with Gasteiger partial charge in [0.1, 0.15) is 6.04 Å². The van der Waals surface area contributed by atoms with Gasteiger partial charge in [0.05, 0.1) is 17.0 Å². The first kappa shape index (κ1) is 21.7. The van der Waals surface area contributed by atoms with Gasteiger partial charge in [-0.2, -0.15) is 0 Å². The molecule has 0 aliphatic carbocycles. The largest absolute Gasteiger partial charge is 0.361 e. The van der Waals surface area contributed by atoms with E-state index < -0.39 is 27.9 Å². The van der Waals surface area contributed by atoms with Crippen LogP contribution in [0.2, 0.25) is 0 Å². The van der Waals surface area contributed by atoms with Crippen LogP contribution in [0.1, 0.15) is 18.9 Å². The molecule has 166 valence electrons. The highest BCUT2D eigenvalue weighted by molar-refractivity contribution is 7.89. The smallest absolute Gasteiger partial charge is 0.257 e. The van der Waals surface area contributed by atoms with Crippen LogP contribution in [0.5, 0.6) is 0 Å². The average Bonchev–Trinajstić information content (AvgIpc) is 3.28. The second kappa shape index (κ2) is 8.21. The van der Waals surface area contributed by atoms with Crippen LogP contribution in [0.25, 0.3) is 10.9 Å².